The highest BCUT2D eigenvalue weighted by Gasteiger charge is 2.37. The summed E-state index contributed by atoms with van der Waals surface area (Å²) in [5.74, 6) is 1.34. The van der Waals surface area contributed by atoms with Gasteiger partial charge in [-0.25, -0.2) is 8.42 Å². The van der Waals surface area contributed by atoms with Crippen LogP contribution in [0.4, 0.5) is 0 Å². The molecule has 32 heavy (non-hydrogen) atoms. The lowest BCUT2D eigenvalue weighted by atomic mass is 9.89. The fourth-order valence-electron chi connectivity index (χ4n) is 4.92. The Kier molecular flexibility index (Phi) is 6.88. The third-order valence-corrected chi connectivity index (χ3v) is 9.25. The summed E-state index contributed by atoms with van der Waals surface area (Å²) in [5.41, 5.74) is 0.352. The highest BCUT2D eigenvalue weighted by Crippen LogP contribution is 2.31. The highest BCUT2D eigenvalue weighted by atomic mass is 32.2. The van der Waals surface area contributed by atoms with Crippen LogP contribution in [0.1, 0.15) is 49.4 Å². The van der Waals surface area contributed by atoms with Crippen LogP contribution in [0.25, 0.3) is 12.2 Å². The van der Waals surface area contributed by atoms with Gasteiger partial charge >= 0.3 is 0 Å². The molecule has 2 aromatic rings. The predicted molar refractivity (Wildman–Crippen MR) is 125 cm³/mol. The zero-order valence-electron chi connectivity index (χ0n) is 18.9. The molecule has 0 aromatic carbocycles. The van der Waals surface area contributed by atoms with Gasteiger partial charge in [0.05, 0.1) is 0 Å². The van der Waals surface area contributed by atoms with Gasteiger partial charge in [0.1, 0.15) is 5.69 Å². The van der Waals surface area contributed by atoms with Gasteiger partial charge < -0.3 is 9.42 Å². The molecule has 2 saturated heterocycles. The number of aryl methyl sites for hydroxylation is 1. The van der Waals surface area contributed by atoms with Crippen molar-refractivity contribution in [3.63, 3.8) is 0 Å². The topological polar surface area (TPSA) is 83.7 Å². The first-order chi connectivity index (χ1) is 15.3. The zero-order chi connectivity index (χ0) is 22.9. The molecule has 1 amide bonds. The van der Waals surface area contributed by atoms with Crippen LogP contribution in [0.5, 0.6) is 0 Å². The van der Waals surface area contributed by atoms with Gasteiger partial charge in [0, 0.05) is 37.0 Å². The van der Waals surface area contributed by atoms with Crippen LogP contribution in [0, 0.1) is 24.7 Å². The average molecular weight is 478 g/mol. The van der Waals surface area contributed by atoms with Crippen LogP contribution in [0.15, 0.2) is 26.9 Å². The van der Waals surface area contributed by atoms with Crippen molar-refractivity contribution in [3.05, 3.63) is 33.8 Å². The Morgan fingerprint density at radius 3 is 2.50 bits per heavy atom. The number of rotatable bonds is 5. The SMILES string of the molecule is Cc1noc(/C=C/c2cccs2)c1S(=O)(=O)N1CCC(C(=O)N2C[C@@H](C)C[C@H](C)C2)CC1. The van der Waals surface area contributed by atoms with E-state index in [0.717, 1.165) is 24.4 Å². The first kappa shape index (κ1) is 23.2. The molecule has 174 valence electrons. The molecule has 0 saturated carbocycles. The van der Waals surface area contributed by atoms with E-state index < -0.39 is 10.0 Å². The van der Waals surface area contributed by atoms with Gasteiger partial charge in [-0.3, -0.25) is 4.79 Å². The normalized spacial score (nSPS) is 23.8. The van der Waals surface area contributed by atoms with E-state index in [-0.39, 0.29) is 22.5 Å². The van der Waals surface area contributed by atoms with Crippen LogP contribution < -0.4 is 0 Å². The van der Waals surface area contributed by atoms with Gasteiger partial charge in [-0.15, -0.1) is 11.3 Å². The van der Waals surface area contributed by atoms with E-state index in [4.69, 9.17) is 4.52 Å². The molecule has 9 heteroatoms. The van der Waals surface area contributed by atoms with Gasteiger partial charge in [0.2, 0.25) is 15.9 Å². The second kappa shape index (κ2) is 9.49. The number of hydrogen-bond donors (Lipinski definition) is 0. The molecule has 2 aromatic heterocycles. The first-order valence-corrected chi connectivity index (χ1v) is 13.5. The lowest BCUT2D eigenvalue weighted by molar-refractivity contribution is -0.139. The summed E-state index contributed by atoms with van der Waals surface area (Å²) in [6.45, 7) is 8.30. The van der Waals surface area contributed by atoms with Crippen molar-refractivity contribution in [1.82, 2.24) is 14.4 Å². The van der Waals surface area contributed by atoms with E-state index in [1.54, 1.807) is 24.3 Å². The molecule has 2 atom stereocenters. The Bertz CT molecular complexity index is 1060. The Hall–Kier alpha value is -1.97. The number of likely N-dealkylation sites (tertiary alicyclic amines) is 1. The zero-order valence-corrected chi connectivity index (χ0v) is 20.5. The summed E-state index contributed by atoms with van der Waals surface area (Å²) < 4.78 is 33.6. The average Bonchev–Trinajstić information content (AvgIpc) is 3.40. The Morgan fingerprint density at radius 2 is 1.88 bits per heavy atom. The van der Waals surface area contributed by atoms with Crippen LogP contribution in [0.3, 0.4) is 0 Å². The molecule has 0 unspecified atom stereocenters. The lowest BCUT2D eigenvalue weighted by Crippen LogP contribution is -2.48. The first-order valence-electron chi connectivity index (χ1n) is 11.2. The summed E-state index contributed by atoms with van der Waals surface area (Å²) in [7, 11) is -3.76. The third-order valence-electron chi connectivity index (χ3n) is 6.36. The van der Waals surface area contributed by atoms with Gasteiger partial charge in [-0.1, -0.05) is 25.1 Å². The monoisotopic (exact) mass is 477 g/mol. The molecule has 2 aliphatic heterocycles. The number of piperidine rings is 2. The minimum Gasteiger partial charge on any atom is -0.355 e. The second-order valence-corrected chi connectivity index (χ2v) is 12.0. The molecule has 4 heterocycles. The summed E-state index contributed by atoms with van der Waals surface area (Å²) in [4.78, 5) is 16.2. The maximum Gasteiger partial charge on any atom is 0.248 e. The Morgan fingerprint density at radius 1 is 1.19 bits per heavy atom. The molecule has 0 aliphatic carbocycles. The van der Waals surface area contributed by atoms with E-state index in [0.29, 0.717) is 43.5 Å². The van der Waals surface area contributed by atoms with Gasteiger partial charge in [0.15, 0.2) is 10.7 Å². The van der Waals surface area contributed by atoms with E-state index in [2.05, 4.69) is 19.0 Å². The fraction of sp³-hybridized carbons (Fsp3) is 0.565. The number of hydrogen-bond acceptors (Lipinski definition) is 6. The number of nitrogens with zero attached hydrogens (tertiary/aromatic N) is 3. The molecule has 2 aliphatic rings. The number of carbonyl (C=O) groups excluding carboxylic acids is 1. The third kappa shape index (κ3) is 4.84. The summed E-state index contributed by atoms with van der Waals surface area (Å²) in [5, 5.41) is 5.86. The molecular formula is C23H31N3O4S2. The minimum absolute atomic E-state index is 0.110. The van der Waals surface area contributed by atoms with Crippen LogP contribution in [-0.4, -0.2) is 54.9 Å². The molecule has 0 spiro atoms. The lowest BCUT2D eigenvalue weighted by Gasteiger charge is -2.39. The molecule has 0 N–H and O–H groups in total. The highest BCUT2D eigenvalue weighted by molar-refractivity contribution is 7.89. The van der Waals surface area contributed by atoms with Gasteiger partial charge in [-0.05, 0) is 61.6 Å². The van der Waals surface area contributed by atoms with Crippen molar-refractivity contribution < 1.29 is 17.7 Å². The van der Waals surface area contributed by atoms with E-state index in [1.165, 1.54) is 4.31 Å². The minimum atomic E-state index is -3.76. The van der Waals surface area contributed by atoms with Crippen molar-refractivity contribution in [2.45, 2.75) is 44.9 Å². The largest absolute Gasteiger partial charge is 0.355 e. The Labute approximate surface area is 194 Å². The standard InChI is InChI=1S/C23H31N3O4S2/c1-16-13-17(2)15-25(14-16)23(27)19-8-10-26(11-9-19)32(28,29)22-18(3)24-30-21(22)7-6-20-5-4-12-31-20/h4-7,12,16-17,19H,8-11,13-15H2,1-3H3/b7-6+/t16-,17-/m0/s1. The van der Waals surface area contributed by atoms with E-state index >= 15 is 0 Å². The number of sulfonamides is 1. The predicted octanol–water partition coefficient (Wildman–Crippen LogP) is 4.12. The van der Waals surface area contributed by atoms with Crippen molar-refractivity contribution in [2.24, 2.45) is 17.8 Å². The molecule has 2 fully saturated rings. The maximum atomic E-state index is 13.4. The second-order valence-electron chi connectivity index (χ2n) is 9.18. The molecule has 0 radical (unpaired) electrons. The number of thiophene rings is 1. The summed E-state index contributed by atoms with van der Waals surface area (Å²) in [6, 6.07) is 3.88. The van der Waals surface area contributed by atoms with Crippen molar-refractivity contribution in [3.8, 4) is 0 Å². The molecular weight excluding hydrogens is 446 g/mol. The van der Waals surface area contributed by atoms with Crippen LogP contribution >= 0.6 is 11.3 Å². The van der Waals surface area contributed by atoms with E-state index in [1.807, 2.05) is 28.5 Å². The smallest absolute Gasteiger partial charge is 0.248 e. The van der Waals surface area contributed by atoms with Gasteiger partial charge in [-0.2, -0.15) is 4.31 Å². The molecule has 4 rings (SSSR count). The number of carbonyl (C=O) groups is 1. The van der Waals surface area contributed by atoms with Crippen molar-refractivity contribution in [2.75, 3.05) is 26.2 Å². The van der Waals surface area contributed by atoms with Crippen LogP contribution in [0.2, 0.25) is 0 Å². The van der Waals surface area contributed by atoms with Crippen LogP contribution in [-0.2, 0) is 14.8 Å². The molecule has 7 nitrogen and oxygen atoms in total. The summed E-state index contributed by atoms with van der Waals surface area (Å²) >= 11 is 1.56. The maximum absolute atomic E-state index is 13.4. The van der Waals surface area contributed by atoms with Crippen molar-refractivity contribution in [1.29, 1.82) is 0 Å². The quantitative estimate of drug-likeness (QED) is 0.647. The number of aromatic nitrogens is 1. The summed E-state index contributed by atoms with van der Waals surface area (Å²) in [6.07, 6.45) is 5.73. The fourth-order valence-corrected chi connectivity index (χ4v) is 7.25. The van der Waals surface area contributed by atoms with Gasteiger partial charge in [0.25, 0.3) is 0 Å². The molecule has 0 bridgehead atoms. The Balaban J connectivity index is 1.44. The van der Waals surface area contributed by atoms with Crippen molar-refractivity contribution >= 4 is 39.4 Å². The number of amides is 1. The van der Waals surface area contributed by atoms with E-state index in [9.17, 15) is 13.2 Å².